The van der Waals surface area contributed by atoms with E-state index in [2.05, 4.69) is 74.8 Å². The van der Waals surface area contributed by atoms with Gasteiger partial charge in [-0.15, -0.1) is 5.10 Å². The molecule has 1 aliphatic heterocycles. The number of allylic oxidation sites excluding steroid dienone is 1. The Bertz CT molecular complexity index is 1670. The molecule has 3 N–H and O–H groups in total. The predicted molar refractivity (Wildman–Crippen MR) is 167 cm³/mol. The molecule has 1 atom stereocenters. The number of unbranched alkanes of at least 4 members (excludes halogenated alkanes) is 1. The number of nitrogens with zero attached hydrogens (tertiary/aromatic N) is 4. The van der Waals surface area contributed by atoms with Crippen molar-refractivity contribution in [1.82, 2.24) is 30.6 Å². The number of benzene rings is 2. The number of aromatic amines is 2. The number of H-pyrrole nitrogens is 2. The second-order valence-corrected chi connectivity index (χ2v) is 13.8. The van der Waals surface area contributed by atoms with Crippen LogP contribution in [-0.2, 0) is 14.8 Å². The first kappa shape index (κ1) is 28.7. The minimum atomic E-state index is -1.82. The topological polar surface area (TPSA) is 124 Å². The van der Waals surface area contributed by atoms with Gasteiger partial charge in [-0.2, -0.15) is 0 Å². The van der Waals surface area contributed by atoms with E-state index in [9.17, 15) is 9.57 Å². The number of aromatic nitrogens is 6. The van der Waals surface area contributed by atoms with Crippen molar-refractivity contribution in [3.63, 3.8) is 0 Å². The van der Waals surface area contributed by atoms with Crippen LogP contribution < -0.4 is 5.56 Å². The van der Waals surface area contributed by atoms with Crippen LogP contribution in [0.3, 0.4) is 0 Å². The molecular weight excluding hydrogens is 530 g/mol. The normalized spacial score (nSPS) is 16.6. The fourth-order valence-electron chi connectivity index (χ4n) is 5.83. The van der Waals surface area contributed by atoms with Gasteiger partial charge >= 0.3 is 0 Å². The summed E-state index contributed by atoms with van der Waals surface area (Å²) < 4.78 is 9.46. The number of nitrogens with one attached hydrogen (secondary N) is 3. The van der Waals surface area contributed by atoms with Gasteiger partial charge in [-0.25, -0.2) is 10.1 Å². The molecule has 8 nitrogen and oxygen atoms in total. The molecule has 41 heavy (non-hydrogen) atoms. The number of hydrogen-bond acceptors (Lipinski definition) is 6. The second kappa shape index (κ2) is 12.8. The minimum Gasteiger partial charge on any atom is -0.310 e. The van der Waals surface area contributed by atoms with E-state index in [1.165, 1.54) is 25.3 Å². The van der Waals surface area contributed by atoms with Crippen molar-refractivity contribution in [2.75, 3.05) is 11.5 Å². The molecular formula is C32H39N7OS. The molecule has 3 heterocycles. The largest absolute Gasteiger partial charge is 0.310 e. The zero-order chi connectivity index (χ0) is 28.7. The Labute approximate surface area is 242 Å². The maximum absolute atomic E-state index is 12.7. The SMILES string of the molecule is CCCCC(C=C=S1(=N)CCCCCCC1)(c1nccc(=O)[nH]1)c1cc(-c2nnn[nH]2)c(-c2ccccc2)cc1C. The van der Waals surface area contributed by atoms with Gasteiger partial charge in [-0.05, 0) is 71.0 Å². The first-order valence-corrected chi connectivity index (χ1v) is 16.6. The summed E-state index contributed by atoms with van der Waals surface area (Å²) >= 11 is 0. The van der Waals surface area contributed by atoms with E-state index < -0.39 is 14.8 Å². The minimum absolute atomic E-state index is 0.193. The third-order valence-corrected chi connectivity index (χ3v) is 10.6. The molecule has 0 amide bonds. The monoisotopic (exact) mass is 569 g/mol. The van der Waals surface area contributed by atoms with Crippen molar-refractivity contribution in [1.29, 1.82) is 4.78 Å². The molecule has 4 aromatic rings. The lowest BCUT2D eigenvalue weighted by atomic mass is 9.72. The first-order valence-electron chi connectivity index (χ1n) is 14.6. The molecule has 0 aliphatic carbocycles. The van der Waals surface area contributed by atoms with Gasteiger partial charge in [0.05, 0.1) is 5.41 Å². The Morgan fingerprint density at radius 1 is 1.05 bits per heavy atom. The fourth-order valence-corrected chi connectivity index (χ4v) is 8.09. The van der Waals surface area contributed by atoms with Crippen molar-refractivity contribution in [3.05, 3.63) is 88.1 Å². The molecule has 1 fully saturated rings. The van der Waals surface area contributed by atoms with E-state index in [0.717, 1.165) is 71.4 Å². The van der Waals surface area contributed by atoms with E-state index in [-0.39, 0.29) is 5.56 Å². The van der Waals surface area contributed by atoms with Crippen LogP contribution in [0.25, 0.3) is 22.5 Å². The van der Waals surface area contributed by atoms with Crippen molar-refractivity contribution in [3.8, 4) is 22.5 Å². The number of aryl methyl sites for hydroxylation is 1. The van der Waals surface area contributed by atoms with Crippen LogP contribution in [0.2, 0.25) is 0 Å². The molecule has 1 unspecified atom stereocenters. The highest BCUT2D eigenvalue weighted by atomic mass is 32.2. The van der Waals surface area contributed by atoms with Crippen molar-refractivity contribution < 1.29 is 0 Å². The van der Waals surface area contributed by atoms with Gasteiger partial charge in [-0.1, -0.05) is 89.9 Å². The maximum Gasteiger partial charge on any atom is 0.250 e. The van der Waals surface area contributed by atoms with Gasteiger partial charge < -0.3 is 4.98 Å². The van der Waals surface area contributed by atoms with Gasteiger partial charge in [0.25, 0.3) is 5.56 Å². The average Bonchev–Trinajstić information content (AvgIpc) is 3.51. The van der Waals surface area contributed by atoms with Crippen LogP contribution in [0.1, 0.15) is 75.2 Å². The summed E-state index contributed by atoms with van der Waals surface area (Å²) in [4.78, 5) is 20.5. The molecule has 9 heteroatoms. The van der Waals surface area contributed by atoms with Crippen LogP contribution in [-0.4, -0.2) is 47.1 Å². The van der Waals surface area contributed by atoms with E-state index >= 15 is 0 Å². The van der Waals surface area contributed by atoms with Crippen LogP contribution in [0.5, 0.6) is 0 Å². The smallest absolute Gasteiger partial charge is 0.250 e. The third-order valence-electron chi connectivity index (χ3n) is 8.07. The van der Waals surface area contributed by atoms with Crippen LogP contribution >= 0.6 is 0 Å². The molecule has 1 aliphatic rings. The quantitative estimate of drug-likeness (QED) is 0.217. The second-order valence-electron chi connectivity index (χ2n) is 11.0. The molecule has 0 saturated carbocycles. The molecule has 214 valence electrons. The molecule has 2 aromatic carbocycles. The summed E-state index contributed by atoms with van der Waals surface area (Å²) in [7, 11) is -1.82. The van der Waals surface area contributed by atoms with Gasteiger partial charge in [0.15, 0.2) is 5.82 Å². The van der Waals surface area contributed by atoms with E-state index in [0.29, 0.717) is 11.6 Å². The summed E-state index contributed by atoms with van der Waals surface area (Å²) in [5, 5.41) is 18.7. The number of tetrazole rings is 1. The molecule has 5 rings (SSSR count). The molecule has 2 aromatic heterocycles. The van der Waals surface area contributed by atoms with Crippen LogP contribution in [0.4, 0.5) is 0 Å². The zero-order valence-corrected chi connectivity index (χ0v) is 24.8. The zero-order valence-electron chi connectivity index (χ0n) is 23.9. The fraction of sp³-hybridized carbons (Fsp3) is 0.406. The standard InChI is InChI=1S/C32H39N7OS/c1-3-4-16-32(31-34-18-15-29(40)35-31,17-21-41(33)19-11-6-5-7-12-20-41)28-23-27(30-36-38-39-37-30)26(22-24(28)2)25-13-9-8-10-14-25/h8-10,13-15,17-18,22-23,33H,3-7,11-12,16,19-20H2,1-2H3,(H,34,35,40)(H,36,37,38,39). The lowest BCUT2D eigenvalue weighted by Crippen LogP contribution is -2.32. The van der Waals surface area contributed by atoms with Crippen LogP contribution in [0, 0.1) is 11.7 Å². The molecule has 1 saturated heterocycles. The van der Waals surface area contributed by atoms with Crippen molar-refractivity contribution in [2.24, 2.45) is 0 Å². The van der Waals surface area contributed by atoms with Gasteiger partial charge in [0.2, 0.25) is 0 Å². The summed E-state index contributed by atoms with van der Waals surface area (Å²) in [5.41, 5.74) is 4.04. The number of rotatable bonds is 8. The molecule has 0 bridgehead atoms. The van der Waals surface area contributed by atoms with Gasteiger partial charge in [0, 0.05) is 29.3 Å². The van der Waals surface area contributed by atoms with Crippen molar-refractivity contribution in [2.45, 2.75) is 70.6 Å². The third kappa shape index (κ3) is 6.42. The lowest BCUT2D eigenvalue weighted by Gasteiger charge is -2.32. The van der Waals surface area contributed by atoms with Gasteiger partial charge in [0.1, 0.15) is 5.82 Å². The van der Waals surface area contributed by atoms with Gasteiger partial charge in [-0.3, -0.25) is 9.57 Å². The Balaban J connectivity index is 1.83. The highest BCUT2D eigenvalue weighted by Crippen LogP contribution is 2.42. The van der Waals surface area contributed by atoms with E-state index in [1.807, 2.05) is 18.2 Å². The summed E-state index contributed by atoms with van der Waals surface area (Å²) in [6, 6.07) is 16.0. The highest BCUT2D eigenvalue weighted by Gasteiger charge is 2.36. The summed E-state index contributed by atoms with van der Waals surface area (Å²) in [6.07, 6.45) is 12.0. The van der Waals surface area contributed by atoms with E-state index in [4.69, 9.17) is 4.98 Å². The Morgan fingerprint density at radius 3 is 2.49 bits per heavy atom. The Hall–Kier alpha value is -3.81. The average molecular weight is 570 g/mol. The maximum atomic E-state index is 12.7. The van der Waals surface area contributed by atoms with Crippen LogP contribution in [0.15, 0.2) is 65.6 Å². The molecule has 0 radical (unpaired) electrons. The van der Waals surface area contributed by atoms with Crippen molar-refractivity contribution >= 4 is 14.4 Å². The Kier molecular flexibility index (Phi) is 8.96. The number of hydrogen-bond donors (Lipinski definition) is 3. The lowest BCUT2D eigenvalue weighted by molar-refractivity contribution is 0.514. The Morgan fingerprint density at radius 2 is 1.80 bits per heavy atom. The van der Waals surface area contributed by atoms with E-state index in [1.54, 1.807) is 6.20 Å². The predicted octanol–water partition coefficient (Wildman–Crippen LogP) is 6.24. The molecule has 0 spiro atoms. The summed E-state index contributed by atoms with van der Waals surface area (Å²) in [5.74, 6) is 2.89. The highest BCUT2D eigenvalue weighted by molar-refractivity contribution is 8.01. The first-order chi connectivity index (χ1) is 19.9. The summed E-state index contributed by atoms with van der Waals surface area (Å²) in [6.45, 7) is 4.28.